The standard InChI is InChI=1S/C15H21ClN2O2S/c1-10-8-12(9-13(17)15(10)16)21(19,20)18-7-3-5-11-4-2-6-14(11)18/h8-9,11,14H,2-7,17H2,1H3. The lowest BCUT2D eigenvalue weighted by Gasteiger charge is -2.36. The monoisotopic (exact) mass is 328 g/mol. The number of sulfonamides is 1. The van der Waals surface area contributed by atoms with E-state index in [0.717, 1.165) is 32.1 Å². The molecule has 0 bridgehead atoms. The summed E-state index contributed by atoms with van der Waals surface area (Å²) in [6, 6.07) is 3.29. The molecule has 0 amide bonds. The molecular weight excluding hydrogens is 308 g/mol. The van der Waals surface area contributed by atoms with Gasteiger partial charge in [-0.25, -0.2) is 8.42 Å². The molecule has 0 radical (unpaired) electrons. The maximum absolute atomic E-state index is 13.0. The second-order valence-corrected chi connectivity index (χ2v) is 8.43. The molecule has 21 heavy (non-hydrogen) atoms. The SMILES string of the molecule is Cc1cc(S(=O)(=O)N2CCCC3CCCC32)cc(N)c1Cl. The summed E-state index contributed by atoms with van der Waals surface area (Å²) in [5.41, 5.74) is 6.87. The van der Waals surface area contributed by atoms with Gasteiger partial charge in [-0.15, -0.1) is 0 Å². The fourth-order valence-electron chi connectivity index (χ4n) is 3.75. The summed E-state index contributed by atoms with van der Waals surface area (Å²) >= 11 is 6.04. The number of nitrogens with two attached hydrogens (primary N) is 1. The highest BCUT2D eigenvalue weighted by atomic mass is 35.5. The number of hydrogen-bond acceptors (Lipinski definition) is 3. The van der Waals surface area contributed by atoms with Crippen LogP contribution in [-0.2, 0) is 10.0 Å². The van der Waals surface area contributed by atoms with Crippen LogP contribution in [0.25, 0.3) is 0 Å². The van der Waals surface area contributed by atoms with Crippen LogP contribution >= 0.6 is 11.6 Å². The van der Waals surface area contributed by atoms with Crippen molar-refractivity contribution < 1.29 is 8.42 Å². The first kappa shape index (κ1) is 15.1. The molecule has 2 aliphatic rings. The molecule has 116 valence electrons. The molecule has 1 aliphatic heterocycles. The predicted octanol–water partition coefficient (Wildman–Crippen LogP) is 3.18. The summed E-state index contributed by atoms with van der Waals surface area (Å²) in [7, 11) is -3.48. The van der Waals surface area contributed by atoms with E-state index >= 15 is 0 Å². The maximum atomic E-state index is 13.0. The highest BCUT2D eigenvalue weighted by molar-refractivity contribution is 7.89. The van der Waals surface area contributed by atoms with Crippen molar-refractivity contribution in [1.82, 2.24) is 4.31 Å². The smallest absolute Gasteiger partial charge is 0.243 e. The van der Waals surface area contributed by atoms with Crippen LogP contribution in [0, 0.1) is 12.8 Å². The number of benzene rings is 1. The number of nitrogens with zero attached hydrogens (tertiary/aromatic N) is 1. The molecular formula is C15H21ClN2O2S. The molecule has 3 rings (SSSR count). The minimum Gasteiger partial charge on any atom is -0.397 e. The van der Waals surface area contributed by atoms with Gasteiger partial charge in [-0.1, -0.05) is 18.0 Å². The van der Waals surface area contributed by atoms with E-state index < -0.39 is 10.0 Å². The van der Waals surface area contributed by atoms with Gasteiger partial charge in [-0.05, 0) is 56.2 Å². The Morgan fingerprint density at radius 2 is 1.95 bits per heavy atom. The fourth-order valence-corrected chi connectivity index (χ4v) is 5.74. The van der Waals surface area contributed by atoms with Gasteiger partial charge in [0.15, 0.2) is 0 Å². The second-order valence-electron chi connectivity index (χ2n) is 6.16. The van der Waals surface area contributed by atoms with Crippen molar-refractivity contribution >= 4 is 27.3 Å². The average Bonchev–Trinajstić information content (AvgIpc) is 2.92. The van der Waals surface area contributed by atoms with E-state index in [0.29, 0.717) is 28.7 Å². The van der Waals surface area contributed by atoms with Gasteiger partial charge >= 0.3 is 0 Å². The van der Waals surface area contributed by atoms with Gasteiger partial charge < -0.3 is 5.73 Å². The molecule has 0 spiro atoms. The third kappa shape index (κ3) is 2.56. The molecule has 1 saturated heterocycles. The van der Waals surface area contributed by atoms with Gasteiger partial charge in [0.05, 0.1) is 15.6 Å². The van der Waals surface area contributed by atoms with Gasteiger partial charge in [0, 0.05) is 12.6 Å². The number of halogens is 1. The lowest BCUT2D eigenvalue weighted by atomic mass is 9.94. The first-order chi connectivity index (χ1) is 9.91. The van der Waals surface area contributed by atoms with Gasteiger partial charge in [0.1, 0.15) is 0 Å². The van der Waals surface area contributed by atoms with Crippen LogP contribution in [0.15, 0.2) is 17.0 Å². The minimum absolute atomic E-state index is 0.168. The highest BCUT2D eigenvalue weighted by Crippen LogP contribution is 2.40. The average molecular weight is 329 g/mol. The number of anilines is 1. The summed E-state index contributed by atoms with van der Waals surface area (Å²) < 4.78 is 27.7. The Morgan fingerprint density at radius 1 is 1.24 bits per heavy atom. The number of hydrogen-bond donors (Lipinski definition) is 1. The van der Waals surface area contributed by atoms with E-state index in [4.69, 9.17) is 17.3 Å². The molecule has 1 heterocycles. The van der Waals surface area contributed by atoms with Crippen LogP contribution in [0.3, 0.4) is 0 Å². The minimum atomic E-state index is -3.48. The van der Waals surface area contributed by atoms with E-state index in [1.165, 1.54) is 6.07 Å². The lowest BCUT2D eigenvalue weighted by Crippen LogP contribution is -2.46. The summed E-state index contributed by atoms with van der Waals surface area (Å²) in [6.45, 7) is 2.40. The number of nitrogen functional groups attached to an aromatic ring is 1. The van der Waals surface area contributed by atoms with Crippen molar-refractivity contribution in [3.05, 3.63) is 22.7 Å². The molecule has 6 heteroatoms. The summed E-state index contributed by atoms with van der Waals surface area (Å²) in [6.07, 6.45) is 5.36. The van der Waals surface area contributed by atoms with E-state index in [9.17, 15) is 8.42 Å². The van der Waals surface area contributed by atoms with Gasteiger partial charge in [0.25, 0.3) is 0 Å². The first-order valence-corrected chi connectivity index (χ1v) is 9.30. The maximum Gasteiger partial charge on any atom is 0.243 e. The second kappa shape index (κ2) is 5.45. The molecule has 1 aromatic rings. The van der Waals surface area contributed by atoms with Crippen LogP contribution in [-0.4, -0.2) is 25.3 Å². The van der Waals surface area contributed by atoms with Crippen molar-refractivity contribution in [2.45, 2.75) is 50.0 Å². The van der Waals surface area contributed by atoms with Crippen molar-refractivity contribution in [1.29, 1.82) is 0 Å². The first-order valence-electron chi connectivity index (χ1n) is 7.48. The molecule has 2 fully saturated rings. The van der Waals surface area contributed by atoms with Crippen LogP contribution in [0.2, 0.25) is 5.02 Å². The molecule has 0 aromatic heterocycles. The lowest BCUT2D eigenvalue weighted by molar-refractivity contribution is 0.202. The molecule has 2 unspecified atom stereocenters. The summed E-state index contributed by atoms with van der Waals surface area (Å²) in [5, 5.41) is 0.436. The van der Waals surface area contributed by atoms with E-state index in [2.05, 4.69) is 0 Å². The van der Waals surface area contributed by atoms with Crippen LogP contribution in [0.5, 0.6) is 0 Å². The number of fused-ring (bicyclic) bond motifs is 1. The number of rotatable bonds is 2. The van der Waals surface area contributed by atoms with Crippen molar-refractivity contribution in [2.24, 2.45) is 5.92 Å². The summed E-state index contributed by atoms with van der Waals surface area (Å²) in [4.78, 5) is 0.273. The van der Waals surface area contributed by atoms with Crippen molar-refractivity contribution in [3.63, 3.8) is 0 Å². The Hall–Kier alpha value is -0.780. The van der Waals surface area contributed by atoms with Crippen LogP contribution in [0.1, 0.15) is 37.7 Å². The summed E-state index contributed by atoms with van der Waals surface area (Å²) in [5.74, 6) is 0.527. The zero-order chi connectivity index (χ0) is 15.2. The molecule has 4 nitrogen and oxygen atoms in total. The van der Waals surface area contributed by atoms with Gasteiger partial charge in [-0.2, -0.15) is 4.31 Å². The Balaban J connectivity index is 2.00. The number of aryl methyl sites for hydroxylation is 1. The zero-order valence-corrected chi connectivity index (χ0v) is 13.8. The normalized spacial score (nSPS) is 26.8. The third-order valence-electron chi connectivity index (χ3n) is 4.81. The molecule has 1 aromatic carbocycles. The topological polar surface area (TPSA) is 63.4 Å². The van der Waals surface area contributed by atoms with Gasteiger partial charge in [-0.3, -0.25) is 0 Å². The Bertz CT molecular complexity index is 637. The molecule has 2 N–H and O–H groups in total. The Morgan fingerprint density at radius 3 is 2.67 bits per heavy atom. The van der Waals surface area contributed by atoms with E-state index in [-0.39, 0.29) is 10.9 Å². The quantitative estimate of drug-likeness (QED) is 0.848. The predicted molar refractivity (Wildman–Crippen MR) is 84.9 cm³/mol. The fraction of sp³-hybridized carbons (Fsp3) is 0.600. The largest absolute Gasteiger partial charge is 0.397 e. The molecule has 1 aliphatic carbocycles. The Kier molecular flexibility index (Phi) is 3.93. The van der Waals surface area contributed by atoms with Crippen molar-refractivity contribution in [2.75, 3.05) is 12.3 Å². The Labute approximate surface area is 131 Å². The third-order valence-corrected chi connectivity index (χ3v) is 7.22. The van der Waals surface area contributed by atoms with Gasteiger partial charge in [0.2, 0.25) is 10.0 Å². The number of piperidine rings is 1. The van der Waals surface area contributed by atoms with Crippen LogP contribution < -0.4 is 5.73 Å². The van der Waals surface area contributed by atoms with E-state index in [1.807, 2.05) is 0 Å². The van der Waals surface area contributed by atoms with E-state index in [1.54, 1.807) is 17.3 Å². The van der Waals surface area contributed by atoms with Crippen molar-refractivity contribution in [3.8, 4) is 0 Å². The highest BCUT2D eigenvalue weighted by Gasteiger charge is 2.41. The molecule has 2 atom stereocenters. The molecule has 1 saturated carbocycles. The zero-order valence-electron chi connectivity index (χ0n) is 12.2. The van der Waals surface area contributed by atoms with Crippen LogP contribution in [0.4, 0.5) is 5.69 Å².